The van der Waals surface area contributed by atoms with Crippen molar-refractivity contribution in [1.29, 1.82) is 0 Å². The lowest BCUT2D eigenvalue weighted by atomic mass is 10.1. The Morgan fingerprint density at radius 1 is 1.08 bits per heavy atom. The maximum absolute atomic E-state index is 12.7. The average Bonchev–Trinajstić information content (AvgIpc) is 3.37. The number of carbonyl (C=O) groups excluding carboxylic acids is 3. The minimum atomic E-state index is -0.668. The summed E-state index contributed by atoms with van der Waals surface area (Å²) in [6.07, 6.45) is 1.61. The van der Waals surface area contributed by atoms with Crippen LogP contribution in [0.15, 0.2) is 30.5 Å². The van der Waals surface area contributed by atoms with E-state index in [4.69, 9.17) is 15.2 Å². The van der Waals surface area contributed by atoms with Gasteiger partial charge in [0.1, 0.15) is 17.0 Å². The second-order valence-corrected chi connectivity index (χ2v) is 9.98. The molecular weight excluding hydrogens is 502 g/mol. The molecule has 2 fully saturated rings. The molecule has 1 atom stereocenters. The van der Waals surface area contributed by atoms with Gasteiger partial charge >= 0.3 is 6.09 Å². The molecule has 0 radical (unpaired) electrons. The second-order valence-electron chi connectivity index (χ2n) is 9.98. The lowest BCUT2D eigenvalue weighted by Gasteiger charge is -2.26. The van der Waals surface area contributed by atoms with Crippen LogP contribution in [-0.2, 0) is 9.47 Å². The average molecular weight is 542 g/mol. The molecule has 0 saturated carbocycles. The van der Waals surface area contributed by atoms with Crippen LogP contribution in [0.5, 0.6) is 0 Å². The van der Waals surface area contributed by atoms with Crippen molar-refractivity contribution in [2.75, 3.05) is 49.6 Å². The number of benzene rings is 1. The van der Waals surface area contributed by atoms with Gasteiger partial charge in [-0.2, -0.15) is 4.98 Å². The van der Waals surface area contributed by atoms with Crippen molar-refractivity contribution in [3.63, 3.8) is 0 Å². The molecule has 3 heterocycles. The number of nitrogens with zero attached hydrogens (tertiary/aromatic N) is 4. The van der Waals surface area contributed by atoms with E-state index < -0.39 is 17.6 Å². The molecule has 1 aromatic carbocycles. The smallest absolute Gasteiger partial charge is 0.407 e. The molecule has 212 valence electrons. The first-order valence-corrected chi connectivity index (χ1v) is 13.2. The van der Waals surface area contributed by atoms with E-state index in [1.807, 2.05) is 39.5 Å². The predicted octanol–water partition coefficient (Wildman–Crippen LogP) is 2.92. The standard InChI is InChI=1S/C25H33N7O5.C2H6/c1-25(2,3)37-24(35)29-18-8-9-32(15-18)23-27-14-19(20(26)33)21(30-23)28-17-6-4-16(5-7-17)22(34)31-10-12-36-13-11-31;1-2/h4-7,14,18H,8-13,15H2,1-3H3,(H2,26,33)(H,29,35)(H,27,28,30);1-2H3. The number of alkyl carbamates (subject to hydrolysis) is 1. The Kier molecular flexibility index (Phi) is 10.0. The first-order chi connectivity index (χ1) is 18.6. The van der Waals surface area contributed by atoms with Gasteiger partial charge in [-0.3, -0.25) is 9.59 Å². The Labute approximate surface area is 229 Å². The summed E-state index contributed by atoms with van der Waals surface area (Å²) in [7, 11) is 0. The number of aromatic nitrogens is 2. The molecule has 12 heteroatoms. The van der Waals surface area contributed by atoms with Crippen LogP contribution >= 0.6 is 0 Å². The van der Waals surface area contributed by atoms with Gasteiger partial charge in [-0.1, -0.05) is 13.8 Å². The highest BCUT2D eigenvalue weighted by Gasteiger charge is 2.28. The lowest BCUT2D eigenvalue weighted by Crippen LogP contribution is -2.40. The number of nitrogens with two attached hydrogens (primary N) is 1. The van der Waals surface area contributed by atoms with Crippen molar-refractivity contribution in [2.45, 2.75) is 52.7 Å². The summed E-state index contributed by atoms with van der Waals surface area (Å²) in [5.74, 6) is -0.0620. The van der Waals surface area contributed by atoms with Crippen LogP contribution in [0.4, 0.5) is 22.2 Å². The maximum Gasteiger partial charge on any atom is 0.407 e. The van der Waals surface area contributed by atoms with Gasteiger partial charge in [-0.15, -0.1) is 0 Å². The summed E-state index contributed by atoms with van der Waals surface area (Å²) in [5, 5.41) is 5.99. The van der Waals surface area contributed by atoms with Crippen molar-refractivity contribution in [3.8, 4) is 0 Å². The van der Waals surface area contributed by atoms with E-state index in [9.17, 15) is 14.4 Å². The largest absolute Gasteiger partial charge is 0.444 e. The van der Waals surface area contributed by atoms with E-state index in [2.05, 4.69) is 20.6 Å². The van der Waals surface area contributed by atoms with Gasteiger partial charge in [-0.05, 0) is 51.5 Å². The zero-order valence-electron chi connectivity index (χ0n) is 23.3. The highest BCUT2D eigenvalue weighted by Crippen LogP contribution is 2.24. The van der Waals surface area contributed by atoms with Crippen molar-refractivity contribution in [1.82, 2.24) is 20.2 Å². The zero-order valence-corrected chi connectivity index (χ0v) is 23.3. The highest BCUT2D eigenvalue weighted by atomic mass is 16.6. The number of carbonyl (C=O) groups is 3. The number of hydrogen-bond donors (Lipinski definition) is 3. The molecule has 1 unspecified atom stereocenters. The molecule has 12 nitrogen and oxygen atoms in total. The minimum Gasteiger partial charge on any atom is -0.444 e. The normalized spacial score (nSPS) is 17.1. The van der Waals surface area contributed by atoms with Gasteiger partial charge in [-0.25, -0.2) is 9.78 Å². The number of nitrogens with one attached hydrogen (secondary N) is 2. The third kappa shape index (κ3) is 8.28. The third-order valence-electron chi connectivity index (χ3n) is 5.93. The fraction of sp³-hybridized carbons (Fsp3) is 0.519. The number of hydrogen-bond acceptors (Lipinski definition) is 9. The number of amides is 3. The summed E-state index contributed by atoms with van der Waals surface area (Å²) in [6, 6.07) is 6.81. The molecule has 0 bridgehead atoms. The number of primary amides is 1. The number of anilines is 3. The van der Waals surface area contributed by atoms with Crippen LogP contribution < -0.4 is 21.3 Å². The molecule has 4 N–H and O–H groups in total. The molecule has 0 spiro atoms. The Balaban J connectivity index is 0.00000205. The summed E-state index contributed by atoms with van der Waals surface area (Å²) in [4.78, 5) is 49.4. The van der Waals surface area contributed by atoms with Gasteiger partial charge in [0.25, 0.3) is 11.8 Å². The first-order valence-electron chi connectivity index (χ1n) is 13.2. The van der Waals surface area contributed by atoms with E-state index in [1.54, 1.807) is 29.2 Å². The first kappa shape index (κ1) is 29.6. The summed E-state index contributed by atoms with van der Waals surface area (Å²) in [6.45, 7) is 12.7. The Morgan fingerprint density at radius 3 is 2.36 bits per heavy atom. The molecule has 2 saturated heterocycles. The van der Waals surface area contributed by atoms with E-state index in [0.29, 0.717) is 63.0 Å². The SMILES string of the molecule is CC.CC(C)(C)OC(=O)NC1CCN(c2ncc(C(N)=O)c(Nc3ccc(C(=O)N4CCOCC4)cc3)n2)C1. The van der Waals surface area contributed by atoms with E-state index in [-0.39, 0.29) is 23.3 Å². The van der Waals surface area contributed by atoms with Gasteiger partial charge in [0.2, 0.25) is 5.95 Å². The van der Waals surface area contributed by atoms with E-state index in [0.717, 1.165) is 0 Å². The lowest BCUT2D eigenvalue weighted by molar-refractivity contribution is 0.0303. The molecule has 0 aliphatic carbocycles. The molecule has 4 rings (SSSR count). The number of rotatable bonds is 6. The number of morpholine rings is 1. The van der Waals surface area contributed by atoms with Crippen LogP contribution in [0, 0.1) is 0 Å². The Bertz CT molecular complexity index is 1140. The van der Waals surface area contributed by atoms with Crippen LogP contribution in [0.3, 0.4) is 0 Å². The number of ether oxygens (including phenoxy) is 2. The van der Waals surface area contributed by atoms with Crippen molar-refractivity contribution in [2.24, 2.45) is 5.73 Å². The molecule has 3 amide bonds. The van der Waals surface area contributed by atoms with Crippen molar-refractivity contribution >= 4 is 35.4 Å². The van der Waals surface area contributed by atoms with Crippen LogP contribution in [0.2, 0.25) is 0 Å². The highest BCUT2D eigenvalue weighted by molar-refractivity contribution is 5.98. The fourth-order valence-electron chi connectivity index (χ4n) is 4.12. The maximum atomic E-state index is 12.7. The fourth-order valence-corrected chi connectivity index (χ4v) is 4.12. The van der Waals surface area contributed by atoms with Crippen molar-refractivity contribution < 1.29 is 23.9 Å². The topological polar surface area (TPSA) is 152 Å². The van der Waals surface area contributed by atoms with Crippen LogP contribution in [0.1, 0.15) is 61.8 Å². The van der Waals surface area contributed by atoms with Gasteiger partial charge in [0.05, 0.1) is 19.3 Å². The van der Waals surface area contributed by atoms with Crippen LogP contribution in [0.25, 0.3) is 0 Å². The monoisotopic (exact) mass is 541 g/mol. The Hall–Kier alpha value is -3.93. The predicted molar refractivity (Wildman–Crippen MR) is 148 cm³/mol. The minimum absolute atomic E-state index is 0.0550. The molecule has 2 aliphatic rings. The third-order valence-corrected chi connectivity index (χ3v) is 5.93. The summed E-state index contributed by atoms with van der Waals surface area (Å²) in [5.41, 5.74) is 6.31. The van der Waals surface area contributed by atoms with Gasteiger partial charge in [0.15, 0.2) is 0 Å². The molecule has 2 aliphatic heterocycles. The molecule has 39 heavy (non-hydrogen) atoms. The quantitative estimate of drug-likeness (QED) is 0.501. The van der Waals surface area contributed by atoms with Gasteiger partial charge in [0, 0.05) is 43.6 Å². The van der Waals surface area contributed by atoms with Crippen LogP contribution in [-0.4, -0.2) is 83.8 Å². The summed E-state index contributed by atoms with van der Waals surface area (Å²) >= 11 is 0. The zero-order chi connectivity index (χ0) is 28.6. The molecule has 1 aromatic heterocycles. The van der Waals surface area contributed by atoms with Crippen molar-refractivity contribution in [3.05, 3.63) is 41.6 Å². The van der Waals surface area contributed by atoms with E-state index in [1.165, 1.54) is 6.20 Å². The van der Waals surface area contributed by atoms with Gasteiger partial charge < -0.3 is 35.6 Å². The Morgan fingerprint density at radius 2 is 1.74 bits per heavy atom. The van der Waals surface area contributed by atoms with E-state index >= 15 is 0 Å². The second kappa shape index (κ2) is 13.2. The molecular formula is C27H39N7O5. The molecule has 2 aromatic rings. The summed E-state index contributed by atoms with van der Waals surface area (Å²) < 4.78 is 10.6.